The van der Waals surface area contributed by atoms with Crippen LogP contribution < -0.4 is 10.2 Å². The first-order chi connectivity index (χ1) is 14.3. The number of ether oxygens (including phenoxy) is 1. The van der Waals surface area contributed by atoms with E-state index in [1.54, 1.807) is 30.3 Å². The van der Waals surface area contributed by atoms with Gasteiger partial charge in [-0.15, -0.1) is 0 Å². The van der Waals surface area contributed by atoms with Crippen LogP contribution >= 0.6 is 35.6 Å². The minimum absolute atomic E-state index is 0.250. The number of thioether (sulfide) groups is 1. The highest BCUT2D eigenvalue weighted by Gasteiger charge is 2.34. The van der Waals surface area contributed by atoms with Crippen molar-refractivity contribution in [3.63, 3.8) is 0 Å². The number of rotatable bonds is 7. The molecule has 156 valence electrons. The summed E-state index contributed by atoms with van der Waals surface area (Å²) in [5, 5.41) is 1.37. The van der Waals surface area contributed by atoms with Gasteiger partial charge in [-0.25, -0.2) is 0 Å². The fourth-order valence-corrected chi connectivity index (χ4v) is 4.00. The first-order valence-electron chi connectivity index (χ1n) is 9.41. The summed E-state index contributed by atoms with van der Waals surface area (Å²) in [6.07, 6.45) is 2.73. The van der Waals surface area contributed by atoms with Crippen LogP contribution in [0.3, 0.4) is 0 Å². The summed E-state index contributed by atoms with van der Waals surface area (Å²) in [7, 11) is 0. The van der Waals surface area contributed by atoms with Crippen molar-refractivity contribution < 1.29 is 14.3 Å². The number of nitrogens with one attached hydrogen (secondary N) is 1. The molecule has 30 heavy (non-hydrogen) atoms. The number of carbonyl (C=O) groups is 2. The van der Waals surface area contributed by atoms with Gasteiger partial charge in [0.05, 0.1) is 22.1 Å². The lowest BCUT2D eigenvalue weighted by Crippen LogP contribution is -2.44. The molecule has 0 unspecified atom stereocenters. The van der Waals surface area contributed by atoms with Crippen molar-refractivity contribution >= 4 is 57.8 Å². The van der Waals surface area contributed by atoms with Crippen LogP contribution in [0.4, 0.5) is 0 Å². The summed E-state index contributed by atoms with van der Waals surface area (Å²) in [6, 6.07) is 14.1. The van der Waals surface area contributed by atoms with Gasteiger partial charge in [-0.05, 0) is 60.5 Å². The second-order valence-corrected chi connectivity index (χ2v) is 9.12. The average Bonchev–Trinajstić information content (AvgIpc) is 2.96. The van der Waals surface area contributed by atoms with Crippen LogP contribution in [-0.4, -0.2) is 27.8 Å². The topological polar surface area (TPSA) is 58.6 Å². The van der Waals surface area contributed by atoms with E-state index in [2.05, 4.69) is 19.3 Å². The Kier molecular flexibility index (Phi) is 7.53. The van der Waals surface area contributed by atoms with Crippen molar-refractivity contribution in [2.24, 2.45) is 5.92 Å². The van der Waals surface area contributed by atoms with E-state index < -0.39 is 5.91 Å². The molecule has 0 bridgehead atoms. The van der Waals surface area contributed by atoms with Gasteiger partial charge in [0.15, 0.2) is 4.32 Å². The summed E-state index contributed by atoms with van der Waals surface area (Å²) in [6.45, 7) is 4.97. The van der Waals surface area contributed by atoms with Crippen LogP contribution in [0.5, 0.6) is 5.75 Å². The molecule has 1 fully saturated rings. The molecular weight excluding hydrogens is 440 g/mol. The maximum absolute atomic E-state index is 12.7. The maximum atomic E-state index is 12.7. The van der Waals surface area contributed by atoms with E-state index in [1.807, 2.05) is 24.3 Å². The smallest absolute Gasteiger partial charge is 0.285 e. The van der Waals surface area contributed by atoms with E-state index in [4.69, 9.17) is 28.6 Å². The molecule has 8 heteroatoms. The number of hydrazine groups is 1. The Labute approximate surface area is 190 Å². The molecule has 2 aromatic rings. The highest BCUT2D eigenvalue weighted by molar-refractivity contribution is 8.26. The molecule has 0 aliphatic carbocycles. The molecule has 3 rings (SSSR count). The average molecular weight is 461 g/mol. The zero-order valence-corrected chi connectivity index (χ0v) is 18.9. The summed E-state index contributed by atoms with van der Waals surface area (Å²) in [5.41, 5.74) is 3.64. The van der Waals surface area contributed by atoms with E-state index >= 15 is 0 Å². The molecule has 2 aromatic carbocycles. The highest BCUT2D eigenvalue weighted by Crippen LogP contribution is 2.32. The van der Waals surface area contributed by atoms with Crippen molar-refractivity contribution in [3.05, 3.63) is 69.6 Å². The molecule has 0 radical (unpaired) electrons. The second-order valence-electron chi connectivity index (χ2n) is 7.04. The number of halogens is 1. The monoisotopic (exact) mass is 460 g/mol. The van der Waals surface area contributed by atoms with Gasteiger partial charge in [-0.2, -0.15) is 5.01 Å². The summed E-state index contributed by atoms with van der Waals surface area (Å²) >= 11 is 12.4. The van der Waals surface area contributed by atoms with Crippen molar-refractivity contribution in [1.29, 1.82) is 0 Å². The molecule has 0 atom stereocenters. The van der Waals surface area contributed by atoms with Crippen LogP contribution in [-0.2, 0) is 4.79 Å². The molecular formula is C22H21ClN2O3S2. The van der Waals surface area contributed by atoms with Gasteiger partial charge in [-0.1, -0.05) is 61.5 Å². The van der Waals surface area contributed by atoms with Gasteiger partial charge in [0, 0.05) is 0 Å². The molecule has 0 saturated carbocycles. The quantitative estimate of drug-likeness (QED) is 0.448. The lowest BCUT2D eigenvalue weighted by atomic mass is 10.1. The van der Waals surface area contributed by atoms with Crippen molar-refractivity contribution in [2.75, 3.05) is 6.61 Å². The third-order valence-electron chi connectivity index (χ3n) is 4.27. The van der Waals surface area contributed by atoms with Gasteiger partial charge in [-0.3, -0.25) is 15.0 Å². The first kappa shape index (κ1) is 22.3. The van der Waals surface area contributed by atoms with Gasteiger partial charge in [0.25, 0.3) is 11.8 Å². The van der Waals surface area contributed by atoms with Crippen molar-refractivity contribution in [3.8, 4) is 5.75 Å². The van der Waals surface area contributed by atoms with Crippen LogP contribution in [0.2, 0.25) is 5.02 Å². The van der Waals surface area contributed by atoms with Gasteiger partial charge in [0.2, 0.25) is 0 Å². The molecule has 2 amide bonds. The third-order valence-corrected chi connectivity index (χ3v) is 5.90. The molecule has 0 aromatic heterocycles. The molecule has 1 aliphatic heterocycles. The molecule has 1 saturated heterocycles. The van der Waals surface area contributed by atoms with Crippen LogP contribution in [0.1, 0.15) is 36.2 Å². The van der Waals surface area contributed by atoms with Gasteiger partial charge < -0.3 is 4.74 Å². The zero-order chi connectivity index (χ0) is 21.7. The molecule has 0 spiro atoms. The van der Waals surface area contributed by atoms with Crippen molar-refractivity contribution in [2.45, 2.75) is 20.3 Å². The van der Waals surface area contributed by atoms with Gasteiger partial charge >= 0.3 is 0 Å². The number of hydrogen-bond donors (Lipinski definition) is 1. The van der Waals surface area contributed by atoms with Crippen molar-refractivity contribution in [1.82, 2.24) is 10.4 Å². The van der Waals surface area contributed by atoms with E-state index in [9.17, 15) is 9.59 Å². The molecule has 1 heterocycles. The maximum Gasteiger partial charge on any atom is 0.285 e. The van der Waals surface area contributed by atoms with E-state index in [0.29, 0.717) is 22.5 Å². The normalized spacial score (nSPS) is 15.2. The zero-order valence-electron chi connectivity index (χ0n) is 16.6. The number of carbonyl (C=O) groups excluding carboxylic acids is 2. The summed E-state index contributed by atoms with van der Waals surface area (Å²) in [5.74, 6) is 0.487. The Morgan fingerprint density at radius 2 is 1.93 bits per heavy atom. The third kappa shape index (κ3) is 5.62. The molecule has 1 aliphatic rings. The van der Waals surface area contributed by atoms with E-state index in [0.717, 1.165) is 34.5 Å². The predicted octanol–water partition coefficient (Wildman–Crippen LogP) is 5.31. The van der Waals surface area contributed by atoms with E-state index in [-0.39, 0.29) is 15.8 Å². The Balaban J connectivity index is 1.66. The predicted molar refractivity (Wildman–Crippen MR) is 125 cm³/mol. The standard InChI is InChI=1S/C22H21ClN2O3S2/c1-14(2)11-12-28-16-9-7-15(8-10-16)13-19-21(27)25(22(29)30-19)24-20(26)17-5-3-4-6-18(17)23/h3-10,13-14H,11-12H2,1-2H3,(H,24,26)/b19-13+. The Hall–Kier alpha value is -2.35. The number of amides is 2. The number of thiocarbonyl (C=S) groups is 1. The number of benzene rings is 2. The minimum atomic E-state index is -0.499. The Morgan fingerprint density at radius 1 is 1.23 bits per heavy atom. The summed E-state index contributed by atoms with van der Waals surface area (Å²) in [4.78, 5) is 25.6. The van der Waals surface area contributed by atoms with Crippen LogP contribution in [0, 0.1) is 5.92 Å². The minimum Gasteiger partial charge on any atom is -0.494 e. The van der Waals surface area contributed by atoms with Crippen LogP contribution in [0.15, 0.2) is 53.4 Å². The fourth-order valence-electron chi connectivity index (χ4n) is 2.60. The Bertz CT molecular complexity index is 990. The number of nitrogens with zero attached hydrogens (tertiary/aromatic N) is 1. The molecule has 5 nitrogen and oxygen atoms in total. The second kappa shape index (κ2) is 10.1. The van der Waals surface area contributed by atoms with Crippen LogP contribution in [0.25, 0.3) is 6.08 Å². The fraction of sp³-hybridized carbons (Fsp3) is 0.227. The largest absolute Gasteiger partial charge is 0.494 e. The first-order valence-corrected chi connectivity index (χ1v) is 11.0. The SMILES string of the molecule is CC(C)CCOc1ccc(/C=C2/SC(=S)N(NC(=O)c3ccccc3Cl)C2=O)cc1. The Morgan fingerprint density at radius 3 is 2.60 bits per heavy atom. The number of hydrogen-bond acceptors (Lipinski definition) is 5. The molecule has 1 N–H and O–H groups in total. The summed E-state index contributed by atoms with van der Waals surface area (Å²) < 4.78 is 5.96. The lowest BCUT2D eigenvalue weighted by Gasteiger charge is -2.16. The van der Waals surface area contributed by atoms with Gasteiger partial charge in [0.1, 0.15) is 5.75 Å². The highest BCUT2D eigenvalue weighted by atomic mass is 35.5. The lowest BCUT2D eigenvalue weighted by molar-refractivity contribution is -0.123. The van der Waals surface area contributed by atoms with E-state index in [1.165, 1.54) is 0 Å².